The number of carbonyl (C=O) groups is 2. The van der Waals surface area contributed by atoms with Gasteiger partial charge in [0.15, 0.2) is 0 Å². The molecule has 0 aromatic heterocycles. The third kappa shape index (κ3) is 4.79. The van der Waals surface area contributed by atoms with Crippen molar-refractivity contribution in [3.8, 4) is 5.75 Å². The number of rotatable bonds is 9. The van der Waals surface area contributed by atoms with E-state index in [0.717, 1.165) is 19.3 Å². The molecule has 0 radical (unpaired) electrons. The van der Waals surface area contributed by atoms with Crippen LogP contribution in [-0.4, -0.2) is 34.8 Å². The minimum Gasteiger partial charge on any atom is -0.507 e. The van der Waals surface area contributed by atoms with Crippen LogP contribution in [0.5, 0.6) is 5.75 Å². The number of amides is 1. The van der Waals surface area contributed by atoms with E-state index in [1.807, 2.05) is 6.92 Å². The van der Waals surface area contributed by atoms with E-state index in [4.69, 9.17) is 4.74 Å². The summed E-state index contributed by atoms with van der Waals surface area (Å²) in [6.07, 6.45) is 3.76. The van der Waals surface area contributed by atoms with E-state index >= 15 is 0 Å². The molecule has 1 fully saturated rings. The number of likely N-dealkylation sites (tertiary alicyclic amines) is 1. The third-order valence-electron chi connectivity index (χ3n) is 5.35. The number of ketones is 1. The van der Waals surface area contributed by atoms with Gasteiger partial charge in [-0.3, -0.25) is 9.59 Å². The second-order valence-corrected chi connectivity index (χ2v) is 7.59. The number of carbonyl (C=O) groups excluding carboxylic acids is 2. The highest BCUT2D eigenvalue weighted by atomic mass is 19.1. The number of hydrogen-bond donors (Lipinski definition) is 1. The highest BCUT2D eigenvalue weighted by Gasteiger charge is 2.46. The van der Waals surface area contributed by atoms with Crippen LogP contribution in [0.4, 0.5) is 4.39 Å². The van der Waals surface area contributed by atoms with Gasteiger partial charge in [0, 0.05) is 17.7 Å². The molecular weight excluding hydrogens is 397 g/mol. The molecule has 0 aliphatic carbocycles. The lowest BCUT2D eigenvalue weighted by atomic mass is 9.95. The van der Waals surface area contributed by atoms with E-state index in [1.54, 1.807) is 36.4 Å². The zero-order chi connectivity index (χ0) is 22.4. The van der Waals surface area contributed by atoms with Gasteiger partial charge in [-0.1, -0.05) is 44.9 Å². The molecule has 1 saturated heterocycles. The van der Waals surface area contributed by atoms with Gasteiger partial charge in [-0.05, 0) is 43.2 Å². The Balaban J connectivity index is 1.97. The van der Waals surface area contributed by atoms with Crippen molar-refractivity contribution in [3.05, 3.63) is 71.0 Å². The number of unbranched alkanes of at least 4 members (excludes halogenated alkanes) is 2. The van der Waals surface area contributed by atoms with Crippen molar-refractivity contribution in [1.29, 1.82) is 0 Å². The predicted octanol–water partition coefficient (Wildman–Crippen LogP) is 5.23. The Labute approximate surface area is 182 Å². The van der Waals surface area contributed by atoms with Crippen molar-refractivity contribution in [1.82, 2.24) is 4.90 Å². The summed E-state index contributed by atoms with van der Waals surface area (Å²) in [5.74, 6) is -1.73. The lowest BCUT2D eigenvalue weighted by molar-refractivity contribution is -0.139. The van der Waals surface area contributed by atoms with Gasteiger partial charge in [0.25, 0.3) is 11.7 Å². The number of halogens is 1. The molecule has 1 aliphatic rings. The Morgan fingerprint density at radius 1 is 1.03 bits per heavy atom. The van der Waals surface area contributed by atoms with E-state index in [9.17, 15) is 19.1 Å². The molecule has 5 nitrogen and oxygen atoms in total. The summed E-state index contributed by atoms with van der Waals surface area (Å²) in [4.78, 5) is 26.8. The molecule has 3 rings (SSSR count). The average molecular weight is 426 g/mol. The van der Waals surface area contributed by atoms with Crippen LogP contribution >= 0.6 is 0 Å². The van der Waals surface area contributed by atoms with Crippen LogP contribution in [-0.2, 0) is 9.59 Å². The van der Waals surface area contributed by atoms with Crippen molar-refractivity contribution in [2.45, 2.75) is 45.6 Å². The molecule has 1 atom stereocenters. The number of benzene rings is 2. The maximum absolute atomic E-state index is 14.6. The molecule has 164 valence electrons. The lowest BCUT2D eigenvalue weighted by Gasteiger charge is -2.25. The van der Waals surface area contributed by atoms with Crippen molar-refractivity contribution >= 4 is 17.4 Å². The molecule has 1 amide bonds. The van der Waals surface area contributed by atoms with Gasteiger partial charge >= 0.3 is 0 Å². The highest BCUT2D eigenvalue weighted by molar-refractivity contribution is 6.46. The predicted molar refractivity (Wildman–Crippen MR) is 117 cm³/mol. The monoisotopic (exact) mass is 425 g/mol. The Morgan fingerprint density at radius 3 is 2.39 bits per heavy atom. The smallest absolute Gasteiger partial charge is 0.295 e. The Morgan fingerprint density at radius 2 is 1.74 bits per heavy atom. The van der Waals surface area contributed by atoms with Crippen molar-refractivity contribution in [3.63, 3.8) is 0 Å². The molecule has 31 heavy (non-hydrogen) atoms. The Kier molecular flexibility index (Phi) is 7.45. The summed E-state index contributed by atoms with van der Waals surface area (Å²) in [7, 11) is 0. The van der Waals surface area contributed by atoms with Gasteiger partial charge in [0.1, 0.15) is 17.3 Å². The molecule has 1 aliphatic heterocycles. The summed E-state index contributed by atoms with van der Waals surface area (Å²) in [5.41, 5.74) is 0.462. The molecule has 6 heteroatoms. The maximum Gasteiger partial charge on any atom is 0.295 e. The second-order valence-electron chi connectivity index (χ2n) is 7.59. The first-order valence-corrected chi connectivity index (χ1v) is 10.8. The molecule has 0 spiro atoms. The van der Waals surface area contributed by atoms with Gasteiger partial charge < -0.3 is 14.7 Å². The van der Waals surface area contributed by atoms with Crippen molar-refractivity contribution < 1.29 is 23.8 Å². The highest BCUT2D eigenvalue weighted by Crippen LogP contribution is 2.40. The van der Waals surface area contributed by atoms with E-state index in [2.05, 4.69) is 6.92 Å². The van der Waals surface area contributed by atoms with Crippen LogP contribution in [0.1, 0.15) is 56.7 Å². The Hall–Kier alpha value is -3.15. The first-order chi connectivity index (χ1) is 15.0. The van der Waals surface area contributed by atoms with E-state index < -0.39 is 23.5 Å². The number of aliphatic hydroxyl groups excluding tert-OH is 1. The number of Topliss-reactive ketones (excluding diaryl/α,β-unsaturated/α-hetero) is 1. The number of aliphatic hydroxyl groups is 1. The topological polar surface area (TPSA) is 66.8 Å². The van der Waals surface area contributed by atoms with Crippen LogP contribution in [0.3, 0.4) is 0 Å². The zero-order valence-electron chi connectivity index (χ0n) is 17.9. The summed E-state index contributed by atoms with van der Waals surface area (Å²) in [5, 5.41) is 11.0. The molecule has 1 unspecified atom stereocenters. The summed E-state index contributed by atoms with van der Waals surface area (Å²) >= 11 is 0. The molecule has 0 saturated carbocycles. The van der Waals surface area contributed by atoms with Gasteiger partial charge in [-0.15, -0.1) is 0 Å². The number of nitrogens with zero attached hydrogens (tertiary/aromatic N) is 1. The van der Waals surface area contributed by atoms with Crippen LogP contribution in [0.15, 0.2) is 54.1 Å². The normalized spacial score (nSPS) is 17.9. The molecule has 1 heterocycles. The standard InChI is InChI=1S/C25H28FNO4/c1-3-5-8-16-31-18-13-11-17(12-14-18)23(28)21-22(19-9-6-7-10-20(19)26)27(15-4-2)25(30)24(21)29/h6-7,9-14,22,28H,3-5,8,15-16H2,1-2H3/b23-21-. The summed E-state index contributed by atoms with van der Waals surface area (Å²) < 4.78 is 20.3. The number of ether oxygens (including phenoxy) is 1. The second kappa shape index (κ2) is 10.2. The minimum atomic E-state index is -0.967. The fraction of sp³-hybridized carbons (Fsp3) is 0.360. The SMILES string of the molecule is CCCCCOc1ccc(/C(O)=C2/C(=O)C(=O)N(CCC)C2c2ccccc2F)cc1. The first kappa shape index (κ1) is 22.5. The quantitative estimate of drug-likeness (QED) is 0.259. The van der Waals surface area contributed by atoms with Crippen LogP contribution < -0.4 is 4.74 Å². The summed E-state index contributed by atoms with van der Waals surface area (Å²) in [6.45, 7) is 4.88. The minimum absolute atomic E-state index is 0.0971. The largest absolute Gasteiger partial charge is 0.507 e. The molecule has 1 N–H and O–H groups in total. The average Bonchev–Trinajstić information content (AvgIpc) is 3.02. The first-order valence-electron chi connectivity index (χ1n) is 10.8. The van der Waals surface area contributed by atoms with E-state index in [1.165, 1.54) is 17.0 Å². The molecular formula is C25H28FNO4. The van der Waals surface area contributed by atoms with E-state index in [0.29, 0.717) is 24.3 Å². The van der Waals surface area contributed by atoms with Gasteiger partial charge in [-0.2, -0.15) is 0 Å². The van der Waals surface area contributed by atoms with Gasteiger partial charge in [0.05, 0.1) is 18.2 Å². The van der Waals surface area contributed by atoms with Gasteiger partial charge in [-0.25, -0.2) is 4.39 Å². The van der Waals surface area contributed by atoms with Crippen LogP contribution in [0.25, 0.3) is 5.76 Å². The fourth-order valence-corrected chi connectivity index (χ4v) is 3.78. The van der Waals surface area contributed by atoms with Crippen molar-refractivity contribution in [2.24, 2.45) is 0 Å². The van der Waals surface area contributed by atoms with Crippen LogP contribution in [0.2, 0.25) is 0 Å². The molecule has 0 bridgehead atoms. The molecule has 2 aromatic rings. The zero-order valence-corrected chi connectivity index (χ0v) is 17.9. The van der Waals surface area contributed by atoms with E-state index in [-0.39, 0.29) is 23.4 Å². The third-order valence-corrected chi connectivity index (χ3v) is 5.35. The lowest BCUT2D eigenvalue weighted by Crippen LogP contribution is -2.30. The van der Waals surface area contributed by atoms with Gasteiger partial charge in [0.2, 0.25) is 0 Å². The van der Waals surface area contributed by atoms with Crippen LogP contribution in [0, 0.1) is 5.82 Å². The number of hydrogen-bond acceptors (Lipinski definition) is 4. The summed E-state index contributed by atoms with van der Waals surface area (Å²) in [6, 6.07) is 11.7. The maximum atomic E-state index is 14.6. The Bertz CT molecular complexity index is 968. The van der Waals surface area contributed by atoms with Crippen molar-refractivity contribution in [2.75, 3.05) is 13.2 Å². The molecule has 2 aromatic carbocycles. The fourth-order valence-electron chi connectivity index (χ4n) is 3.78.